The van der Waals surface area contributed by atoms with E-state index in [2.05, 4.69) is 4.98 Å². The second-order valence-electron chi connectivity index (χ2n) is 4.10. The van der Waals surface area contributed by atoms with E-state index in [-0.39, 0.29) is 11.3 Å². The van der Waals surface area contributed by atoms with Crippen LogP contribution in [0.1, 0.15) is 12.1 Å². The number of rotatable bonds is 2. The first-order chi connectivity index (χ1) is 8.37. The number of hydrogen-bond donors (Lipinski definition) is 3. The van der Waals surface area contributed by atoms with E-state index in [1.807, 2.05) is 0 Å². The maximum Gasteiger partial charge on any atom is 0.320 e. The monoisotopic (exact) mass is 261 g/mol. The molecule has 0 saturated carbocycles. The standard InChI is InChI=1S/C10H13F2N3O3/c1-5-14-7(13)2-3-15(5)9-10(11,12)8(17)6(4-16)18-9/h2-3,6,8-9,13,16-17H,4H2,1H3. The minimum absolute atomic E-state index is 0.0516. The fourth-order valence-corrected chi connectivity index (χ4v) is 1.89. The van der Waals surface area contributed by atoms with Crippen molar-refractivity contribution < 1.29 is 23.7 Å². The van der Waals surface area contributed by atoms with E-state index in [1.54, 1.807) is 0 Å². The van der Waals surface area contributed by atoms with Crippen molar-refractivity contribution in [1.29, 1.82) is 5.41 Å². The molecule has 1 aromatic rings. The van der Waals surface area contributed by atoms with Crippen LogP contribution in [-0.4, -0.2) is 44.5 Å². The molecule has 0 amide bonds. The van der Waals surface area contributed by atoms with Gasteiger partial charge in [-0.05, 0) is 13.0 Å². The number of aliphatic hydroxyl groups excluding tert-OH is 2. The number of hydrogen-bond acceptors (Lipinski definition) is 5. The first-order valence-corrected chi connectivity index (χ1v) is 5.30. The van der Waals surface area contributed by atoms with E-state index >= 15 is 0 Å². The van der Waals surface area contributed by atoms with Gasteiger partial charge in [0.25, 0.3) is 0 Å². The first kappa shape index (κ1) is 13.1. The third-order valence-electron chi connectivity index (χ3n) is 2.86. The molecule has 0 aliphatic carbocycles. The molecule has 8 heteroatoms. The van der Waals surface area contributed by atoms with Crippen molar-refractivity contribution in [2.24, 2.45) is 0 Å². The Labute approximate surface area is 101 Å². The summed E-state index contributed by atoms with van der Waals surface area (Å²) in [4.78, 5) is 3.73. The minimum Gasteiger partial charge on any atom is -0.394 e. The summed E-state index contributed by atoms with van der Waals surface area (Å²) in [5, 5.41) is 25.5. The fraction of sp³-hybridized carbons (Fsp3) is 0.600. The predicted molar refractivity (Wildman–Crippen MR) is 54.8 cm³/mol. The number of aromatic nitrogens is 2. The van der Waals surface area contributed by atoms with Crippen LogP contribution in [0.4, 0.5) is 8.78 Å². The Morgan fingerprint density at radius 3 is 2.78 bits per heavy atom. The molecule has 1 saturated heterocycles. The number of ether oxygens (including phenoxy) is 1. The average molecular weight is 261 g/mol. The molecular formula is C10H13F2N3O3. The van der Waals surface area contributed by atoms with Gasteiger partial charge in [-0.25, -0.2) is 4.98 Å². The van der Waals surface area contributed by atoms with Crippen LogP contribution in [0.5, 0.6) is 0 Å². The van der Waals surface area contributed by atoms with Crippen LogP contribution in [-0.2, 0) is 4.74 Å². The Kier molecular flexibility index (Phi) is 3.18. The average Bonchev–Trinajstić information content (AvgIpc) is 2.52. The summed E-state index contributed by atoms with van der Waals surface area (Å²) < 4.78 is 33.6. The van der Waals surface area contributed by atoms with Crippen LogP contribution in [0.25, 0.3) is 0 Å². The van der Waals surface area contributed by atoms with Crippen LogP contribution >= 0.6 is 0 Å². The van der Waals surface area contributed by atoms with Crippen molar-refractivity contribution in [1.82, 2.24) is 9.55 Å². The zero-order chi connectivity index (χ0) is 13.5. The molecule has 100 valence electrons. The highest BCUT2D eigenvalue weighted by Gasteiger charge is 2.59. The number of alkyl halides is 2. The number of halogens is 2. The number of aliphatic hydroxyl groups is 2. The van der Waals surface area contributed by atoms with Crippen LogP contribution in [0.3, 0.4) is 0 Å². The molecule has 1 aliphatic rings. The van der Waals surface area contributed by atoms with E-state index in [1.165, 1.54) is 19.2 Å². The molecule has 3 unspecified atom stereocenters. The zero-order valence-corrected chi connectivity index (χ0v) is 9.55. The lowest BCUT2D eigenvalue weighted by atomic mass is 10.1. The topological polar surface area (TPSA) is 91.4 Å². The molecular weight excluding hydrogens is 248 g/mol. The zero-order valence-electron chi connectivity index (χ0n) is 9.55. The van der Waals surface area contributed by atoms with E-state index in [0.29, 0.717) is 0 Å². The Bertz CT molecular complexity index is 505. The summed E-state index contributed by atoms with van der Waals surface area (Å²) >= 11 is 0. The highest BCUT2D eigenvalue weighted by atomic mass is 19.3. The van der Waals surface area contributed by atoms with Gasteiger partial charge in [0, 0.05) is 6.20 Å². The SMILES string of the molecule is Cc1nc(=N)ccn1C1OC(CO)C(O)C1(F)F. The summed E-state index contributed by atoms with van der Waals surface area (Å²) in [6.07, 6.45) is -3.91. The smallest absolute Gasteiger partial charge is 0.320 e. The van der Waals surface area contributed by atoms with Gasteiger partial charge < -0.3 is 19.5 Å². The van der Waals surface area contributed by atoms with Crippen molar-refractivity contribution in [2.45, 2.75) is 31.3 Å². The molecule has 6 nitrogen and oxygen atoms in total. The maximum absolute atomic E-state index is 13.8. The molecule has 3 N–H and O–H groups in total. The fourth-order valence-electron chi connectivity index (χ4n) is 1.89. The summed E-state index contributed by atoms with van der Waals surface area (Å²) in [6.45, 7) is 0.757. The highest BCUT2D eigenvalue weighted by molar-refractivity contribution is 5.00. The van der Waals surface area contributed by atoms with Crippen molar-refractivity contribution in [3.8, 4) is 0 Å². The summed E-state index contributed by atoms with van der Waals surface area (Å²) in [5.41, 5.74) is -0.0516. The van der Waals surface area contributed by atoms with Crippen LogP contribution in [0, 0.1) is 12.3 Å². The molecule has 0 spiro atoms. The van der Waals surface area contributed by atoms with Gasteiger partial charge in [-0.1, -0.05) is 0 Å². The molecule has 3 atom stereocenters. The Hall–Kier alpha value is -1.38. The molecule has 0 radical (unpaired) electrons. The highest BCUT2D eigenvalue weighted by Crippen LogP contribution is 2.42. The van der Waals surface area contributed by atoms with Crippen molar-refractivity contribution in [2.75, 3.05) is 6.61 Å². The van der Waals surface area contributed by atoms with E-state index in [0.717, 1.165) is 4.57 Å². The number of nitrogens with one attached hydrogen (secondary N) is 1. The maximum atomic E-state index is 13.8. The van der Waals surface area contributed by atoms with Gasteiger partial charge in [-0.3, -0.25) is 5.41 Å². The van der Waals surface area contributed by atoms with E-state index in [9.17, 15) is 13.9 Å². The van der Waals surface area contributed by atoms with Crippen molar-refractivity contribution in [3.05, 3.63) is 23.6 Å². The molecule has 1 fully saturated rings. The molecule has 0 aromatic carbocycles. The summed E-state index contributed by atoms with van der Waals surface area (Å²) in [5.74, 6) is -3.37. The Morgan fingerprint density at radius 2 is 2.28 bits per heavy atom. The first-order valence-electron chi connectivity index (χ1n) is 5.30. The minimum atomic E-state index is -3.53. The Morgan fingerprint density at radius 1 is 1.61 bits per heavy atom. The van der Waals surface area contributed by atoms with Crippen LogP contribution < -0.4 is 5.49 Å². The summed E-state index contributed by atoms with van der Waals surface area (Å²) in [7, 11) is 0. The second kappa shape index (κ2) is 4.38. The third-order valence-corrected chi connectivity index (χ3v) is 2.86. The van der Waals surface area contributed by atoms with Gasteiger partial charge in [-0.15, -0.1) is 0 Å². The van der Waals surface area contributed by atoms with Gasteiger partial charge in [0.05, 0.1) is 6.61 Å². The normalized spacial score (nSPS) is 30.6. The number of nitrogens with zero attached hydrogens (tertiary/aromatic N) is 2. The molecule has 2 heterocycles. The van der Waals surface area contributed by atoms with Crippen LogP contribution in [0.2, 0.25) is 0 Å². The molecule has 0 bridgehead atoms. The van der Waals surface area contributed by atoms with Gasteiger partial charge in [0.2, 0.25) is 6.23 Å². The Balaban J connectivity index is 2.42. The van der Waals surface area contributed by atoms with E-state index < -0.39 is 31.0 Å². The van der Waals surface area contributed by atoms with Crippen molar-refractivity contribution >= 4 is 0 Å². The third kappa shape index (κ3) is 1.92. The number of aryl methyl sites for hydroxylation is 1. The van der Waals surface area contributed by atoms with Crippen LogP contribution in [0.15, 0.2) is 12.3 Å². The van der Waals surface area contributed by atoms with Gasteiger partial charge in [-0.2, -0.15) is 8.78 Å². The van der Waals surface area contributed by atoms with Gasteiger partial charge in [0.15, 0.2) is 6.10 Å². The lowest BCUT2D eigenvalue weighted by Gasteiger charge is -2.23. The van der Waals surface area contributed by atoms with Gasteiger partial charge in [0.1, 0.15) is 17.4 Å². The molecule has 2 rings (SSSR count). The van der Waals surface area contributed by atoms with Crippen molar-refractivity contribution in [3.63, 3.8) is 0 Å². The molecule has 18 heavy (non-hydrogen) atoms. The second-order valence-corrected chi connectivity index (χ2v) is 4.10. The van der Waals surface area contributed by atoms with Gasteiger partial charge >= 0.3 is 5.92 Å². The summed E-state index contributed by atoms with van der Waals surface area (Å²) in [6, 6.07) is 1.24. The van der Waals surface area contributed by atoms with E-state index in [4.69, 9.17) is 15.3 Å². The quantitative estimate of drug-likeness (QED) is 0.673. The predicted octanol–water partition coefficient (Wildman–Crippen LogP) is -0.443. The largest absolute Gasteiger partial charge is 0.394 e. The molecule has 1 aromatic heterocycles. The molecule has 1 aliphatic heterocycles. The lowest BCUT2D eigenvalue weighted by molar-refractivity contribution is -0.140. The lowest BCUT2D eigenvalue weighted by Crippen LogP contribution is -2.39.